The fraction of sp³-hybridized carbons (Fsp3) is 0.923. The van der Waals surface area contributed by atoms with Crippen molar-refractivity contribution < 1.29 is 0 Å². The molecule has 0 rings (SSSR count). The van der Waals surface area contributed by atoms with Crippen LogP contribution in [0.1, 0.15) is 47.5 Å². The van der Waals surface area contributed by atoms with Crippen molar-refractivity contribution in [2.24, 2.45) is 11.8 Å². The minimum Gasteiger partial charge on any atom is -0.288 e. The predicted molar refractivity (Wildman–Crippen MR) is 65.6 cm³/mol. The Morgan fingerprint density at radius 2 is 1.33 bits per heavy atom. The summed E-state index contributed by atoms with van der Waals surface area (Å²) in [5.74, 6) is 1.44. The molecule has 0 bridgehead atoms. The summed E-state index contributed by atoms with van der Waals surface area (Å²) in [6.45, 7) is 13.0. The molecule has 0 aliphatic carbocycles. The standard InChI is InChI=1S/C13H26N2/c1-11(2)6-8-15(13(5)10-14)9-7-12(3)4/h11-13H,6-9H2,1-5H3. The van der Waals surface area contributed by atoms with Crippen LogP contribution in [0.4, 0.5) is 0 Å². The highest BCUT2D eigenvalue weighted by molar-refractivity contribution is 4.88. The van der Waals surface area contributed by atoms with Gasteiger partial charge in [0.05, 0.1) is 12.1 Å². The maximum absolute atomic E-state index is 8.94. The van der Waals surface area contributed by atoms with Crippen LogP contribution in [-0.2, 0) is 0 Å². The number of hydrogen-bond donors (Lipinski definition) is 0. The highest BCUT2D eigenvalue weighted by Crippen LogP contribution is 2.09. The molecule has 88 valence electrons. The number of hydrogen-bond acceptors (Lipinski definition) is 2. The van der Waals surface area contributed by atoms with Crippen LogP contribution >= 0.6 is 0 Å². The number of nitrogens with zero attached hydrogens (tertiary/aromatic N) is 2. The molecule has 15 heavy (non-hydrogen) atoms. The second kappa shape index (κ2) is 7.70. The van der Waals surface area contributed by atoms with Gasteiger partial charge in [-0.1, -0.05) is 27.7 Å². The van der Waals surface area contributed by atoms with E-state index in [4.69, 9.17) is 5.26 Å². The molecule has 0 fully saturated rings. The molecule has 0 N–H and O–H groups in total. The highest BCUT2D eigenvalue weighted by atomic mass is 15.1. The van der Waals surface area contributed by atoms with E-state index in [0.29, 0.717) is 0 Å². The second-order valence-electron chi connectivity index (χ2n) is 5.21. The maximum Gasteiger partial charge on any atom is 0.0949 e. The van der Waals surface area contributed by atoms with Gasteiger partial charge in [-0.2, -0.15) is 5.26 Å². The van der Waals surface area contributed by atoms with Crippen LogP contribution in [0.5, 0.6) is 0 Å². The summed E-state index contributed by atoms with van der Waals surface area (Å²) in [6, 6.07) is 2.40. The average Bonchev–Trinajstić information content (AvgIpc) is 2.16. The van der Waals surface area contributed by atoms with Gasteiger partial charge in [-0.15, -0.1) is 0 Å². The Morgan fingerprint density at radius 3 is 1.60 bits per heavy atom. The second-order valence-corrected chi connectivity index (χ2v) is 5.21. The molecule has 0 aromatic heterocycles. The van der Waals surface area contributed by atoms with E-state index in [1.54, 1.807) is 0 Å². The monoisotopic (exact) mass is 210 g/mol. The number of nitriles is 1. The fourth-order valence-electron chi connectivity index (χ4n) is 1.43. The molecule has 0 amide bonds. The van der Waals surface area contributed by atoms with Gasteiger partial charge in [-0.25, -0.2) is 0 Å². The molecule has 0 radical (unpaired) electrons. The van der Waals surface area contributed by atoms with E-state index in [-0.39, 0.29) is 6.04 Å². The first-order valence-corrected chi connectivity index (χ1v) is 6.11. The molecule has 1 atom stereocenters. The van der Waals surface area contributed by atoms with Crippen LogP contribution in [0.3, 0.4) is 0 Å². The van der Waals surface area contributed by atoms with Crippen LogP contribution in [0.25, 0.3) is 0 Å². The average molecular weight is 210 g/mol. The molecular formula is C13H26N2. The van der Waals surface area contributed by atoms with Gasteiger partial charge in [-0.05, 0) is 44.7 Å². The lowest BCUT2D eigenvalue weighted by Gasteiger charge is -2.26. The summed E-state index contributed by atoms with van der Waals surface area (Å²) < 4.78 is 0. The van der Waals surface area contributed by atoms with Crippen molar-refractivity contribution in [3.05, 3.63) is 0 Å². The summed E-state index contributed by atoms with van der Waals surface area (Å²) in [5.41, 5.74) is 0. The molecule has 0 saturated carbocycles. The van der Waals surface area contributed by atoms with E-state index in [9.17, 15) is 0 Å². The van der Waals surface area contributed by atoms with Crippen molar-refractivity contribution in [3.8, 4) is 6.07 Å². The van der Waals surface area contributed by atoms with Gasteiger partial charge in [0.2, 0.25) is 0 Å². The third-order valence-corrected chi connectivity index (χ3v) is 2.72. The van der Waals surface area contributed by atoms with Crippen LogP contribution in [0, 0.1) is 23.2 Å². The molecule has 0 spiro atoms. The third-order valence-electron chi connectivity index (χ3n) is 2.72. The molecule has 0 aliphatic rings. The van der Waals surface area contributed by atoms with Crippen LogP contribution in [0.2, 0.25) is 0 Å². The van der Waals surface area contributed by atoms with E-state index >= 15 is 0 Å². The Bertz CT molecular complexity index is 179. The van der Waals surface area contributed by atoms with Gasteiger partial charge >= 0.3 is 0 Å². The Morgan fingerprint density at radius 1 is 0.933 bits per heavy atom. The van der Waals surface area contributed by atoms with Gasteiger partial charge in [0, 0.05) is 0 Å². The van der Waals surface area contributed by atoms with E-state index in [0.717, 1.165) is 24.9 Å². The Kier molecular flexibility index (Phi) is 7.42. The van der Waals surface area contributed by atoms with E-state index in [1.807, 2.05) is 6.92 Å². The zero-order valence-electron chi connectivity index (χ0n) is 11.0. The van der Waals surface area contributed by atoms with Gasteiger partial charge in [0.25, 0.3) is 0 Å². The zero-order chi connectivity index (χ0) is 11.8. The SMILES string of the molecule is CC(C)CCN(CCC(C)C)C(C)C#N. The Hall–Kier alpha value is -0.550. The van der Waals surface area contributed by atoms with Gasteiger partial charge in [0.15, 0.2) is 0 Å². The molecule has 0 heterocycles. The van der Waals surface area contributed by atoms with Crippen LogP contribution in [0.15, 0.2) is 0 Å². The normalized spacial score (nSPS) is 13.5. The summed E-state index contributed by atoms with van der Waals surface area (Å²) in [5, 5.41) is 8.94. The summed E-state index contributed by atoms with van der Waals surface area (Å²) in [7, 11) is 0. The Labute approximate surface area is 95.3 Å². The lowest BCUT2D eigenvalue weighted by Crippen LogP contribution is -2.35. The fourth-order valence-corrected chi connectivity index (χ4v) is 1.43. The smallest absolute Gasteiger partial charge is 0.0949 e. The lowest BCUT2D eigenvalue weighted by molar-refractivity contribution is 0.219. The summed E-state index contributed by atoms with van der Waals surface area (Å²) in [4.78, 5) is 2.31. The van der Waals surface area contributed by atoms with Crippen LogP contribution < -0.4 is 0 Å². The minimum absolute atomic E-state index is 0.0579. The molecule has 0 saturated heterocycles. The zero-order valence-corrected chi connectivity index (χ0v) is 11.0. The topological polar surface area (TPSA) is 27.0 Å². The van der Waals surface area contributed by atoms with Crippen molar-refractivity contribution in [2.45, 2.75) is 53.5 Å². The van der Waals surface area contributed by atoms with E-state index < -0.39 is 0 Å². The summed E-state index contributed by atoms with van der Waals surface area (Å²) in [6.07, 6.45) is 2.37. The van der Waals surface area contributed by atoms with Crippen molar-refractivity contribution in [3.63, 3.8) is 0 Å². The predicted octanol–water partition coefficient (Wildman–Crippen LogP) is 3.29. The summed E-state index contributed by atoms with van der Waals surface area (Å²) >= 11 is 0. The molecule has 0 aromatic rings. The molecule has 2 heteroatoms. The van der Waals surface area contributed by atoms with Crippen molar-refractivity contribution in [1.29, 1.82) is 5.26 Å². The van der Waals surface area contributed by atoms with Gasteiger partial charge < -0.3 is 0 Å². The molecular weight excluding hydrogens is 184 g/mol. The molecule has 0 aromatic carbocycles. The highest BCUT2D eigenvalue weighted by Gasteiger charge is 2.13. The van der Waals surface area contributed by atoms with Gasteiger partial charge in [-0.3, -0.25) is 4.90 Å². The quantitative estimate of drug-likeness (QED) is 0.644. The minimum atomic E-state index is 0.0579. The van der Waals surface area contributed by atoms with Gasteiger partial charge in [0.1, 0.15) is 0 Å². The van der Waals surface area contributed by atoms with E-state index in [2.05, 4.69) is 38.7 Å². The molecule has 0 aliphatic heterocycles. The maximum atomic E-state index is 8.94. The first kappa shape index (κ1) is 14.5. The molecule has 1 unspecified atom stereocenters. The van der Waals surface area contributed by atoms with E-state index in [1.165, 1.54) is 12.8 Å². The number of rotatable bonds is 7. The molecule has 2 nitrogen and oxygen atoms in total. The first-order chi connectivity index (χ1) is 6.97. The van der Waals surface area contributed by atoms with Crippen molar-refractivity contribution in [2.75, 3.05) is 13.1 Å². The van der Waals surface area contributed by atoms with Crippen LogP contribution in [-0.4, -0.2) is 24.0 Å². The first-order valence-electron chi connectivity index (χ1n) is 6.11. The Balaban J connectivity index is 4.02. The van der Waals surface area contributed by atoms with Crippen molar-refractivity contribution in [1.82, 2.24) is 4.90 Å². The third kappa shape index (κ3) is 7.39. The van der Waals surface area contributed by atoms with Crippen molar-refractivity contribution >= 4 is 0 Å². The largest absolute Gasteiger partial charge is 0.288 e. The lowest BCUT2D eigenvalue weighted by atomic mass is 10.1.